The molecule has 4 nitrogen and oxygen atoms in total. The van der Waals surface area contributed by atoms with Gasteiger partial charge in [-0.05, 0) is 12.8 Å². The summed E-state index contributed by atoms with van der Waals surface area (Å²) in [6.45, 7) is 1.00. The highest BCUT2D eigenvalue weighted by atomic mass is 16.4. The lowest BCUT2D eigenvalue weighted by Gasteiger charge is -2.19. The van der Waals surface area contributed by atoms with Crippen LogP contribution in [-0.2, 0) is 9.45 Å². The summed E-state index contributed by atoms with van der Waals surface area (Å²) in [5, 5.41) is 2.78. The van der Waals surface area contributed by atoms with Gasteiger partial charge in [0.2, 0.25) is 5.91 Å². The average Bonchev–Trinajstić information content (AvgIpc) is 2.03. The van der Waals surface area contributed by atoms with Crippen LogP contribution in [0.4, 0.5) is 0 Å². The smallest absolute Gasteiger partial charge is 0.289 e. The molecular formula is C6H13BN2O2. The SMILES string of the molecule is NCOB[C@H]1CCCNC1=O. The highest BCUT2D eigenvalue weighted by Gasteiger charge is 2.23. The third-order valence-electron chi connectivity index (χ3n) is 1.84. The average molecular weight is 156 g/mol. The van der Waals surface area contributed by atoms with Crippen LogP contribution in [-0.4, -0.2) is 26.7 Å². The zero-order chi connectivity index (χ0) is 8.10. The number of amides is 1. The predicted octanol–water partition coefficient (Wildman–Crippen LogP) is -1.03. The van der Waals surface area contributed by atoms with E-state index in [1.54, 1.807) is 0 Å². The standard InChI is InChI=1S/C6H13BN2O2/c8-4-11-7-5-2-1-3-9-6(5)10/h5,7H,1-4,8H2,(H,9,10)/t5-/m0/s1. The summed E-state index contributed by atoms with van der Waals surface area (Å²) >= 11 is 0. The van der Waals surface area contributed by atoms with Gasteiger partial charge in [-0.3, -0.25) is 4.79 Å². The number of carbonyl (C=O) groups is 1. The van der Waals surface area contributed by atoms with Gasteiger partial charge in [-0.2, -0.15) is 0 Å². The fraction of sp³-hybridized carbons (Fsp3) is 0.833. The summed E-state index contributed by atoms with van der Waals surface area (Å²) in [6.07, 6.45) is 1.97. The van der Waals surface area contributed by atoms with Gasteiger partial charge in [0.25, 0.3) is 7.48 Å². The summed E-state index contributed by atoms with van der Waals surface area (Å²) in [6, 6.07) is 0. The zero-order valence-corrected chi connectivity index (χ0v) is 6.51. The van der Waals surface area contributed by atoms with Crippen LogP contribution in [0.2, 0.25) is 5.82 Å². The van der Waals surface area contributed by atoms with E-state index in [9.17, 15) is 4.79 Å². The molecule has 0 aromatic carbocycles. The molecule has 0 spiro atoms. The predicted molar refractivity (Wildman–Crippen MR) is 43.3 cm³/mol. The van der Waals surface area contributed by atoms with Crippen LogP contribution in [0.15, 0.2) is 0 Å². The Morgan fingerprint density at radius 2 is 2.64 bits per heavy atom. The second kappa shape index (κ2) is 4.36. The van der Waals surface area contributed by atoms with Crippen molar-refractivity contribution in [2.24, 2.45) is 5.73 Å². The third-order valence-corrected chi connectivity index (χ3v) is 1.84. The van der Waals surface area contributed by atoms with Gasteiger partial charge in [0.1, 0.15) is 0 Å². The number of hydrogen-bond acceptors (Lipinski definition) is 3. The van der Waals surface area contributed by atoms with Crippen molar-refractivity contribution in [3.05, 3.63) is 0 Å². The van der Waals surface area contributed by atoms with Crippen LogP contribution >= 0.6 is 0 Å². The molecule has 5 heteroatoms. The van der Waals surface area contributed by atoms with Gasteiger partial charge in [0, 0.05) is 12.4 Å². The normalized spacial score (nSPS) is 24.5. The van der Waals surface area contributed by atoms with Crippen molar-refractivity contribution in [3.63, 3.8) is 0 Å². The summed E-state index contributed by atoms with van der Waals surface area (Å²) in [4.78, 5) is 11.1. The van der Waals surface area contributed by atoms with Gasteiger partial charge in [0.05, 0.1) is 6.73 Å². The Labute approximate surface area is 66.7 Å². The molecule has 1 amide bonds. The Kier molecular flexibility index (Phi) is 3.39. The lowest BCUT2D eigenvalue weighted by Crippen LogP contribution is -2.36. The first kappa shape index (κ1) is 8.55. The maximum atomic E-state index is 11.1. The first-order valence-corrected chi connectivity index (χ1v) is 3.90. The number of hydrogen-bond donors (Lipinski definition) is 2. The van der Waals surface area contributed by atoms with E-state index in [0.29, 0.717) is 7.48 Å². The lowest BCUT2D eigenvalue weighted by molar-refractivity contribution is -0.122. The summed E-state index contributed by atoms with van der Waals surface area (Å²) in [7, 11) is 0.461. The molecule has 0 aromatic rings. The zero-order valence-electron chi connectivity index (χ0n) is 6.51. The Morgan fingerprint density at radius 1 is 1.82 bits per heavy atom. The van der Waals surface area contributed by atoms with Crippen LogP contribution in [0.1, 0.15) is 12.8 Å². The quantitative estimate of drug-likeness (QED) is 0.405. The summed E-state index contributed by atoms with van der Waals surface area (Å²) in [5.74, 6) is 0.122. The van der Waals surface area contributed by atoms with Crippen molar-refractivity contribution in [1.82, 2.24) is 5.32 Å². The Balaban J connectivity index is 2.24. The fourth-order valence-corrected chi connectivity index (χ4v) is 1.20. The Morgan fingerprint density at radius 3 is 3.27 bits per heavy atom. The van der Waals surface area contributed by atoms with E-state index in [1.807, 2.05) is 0 Å². The minimum atomic E-state index is 0.0206. The van der Waals surface area contributed by atoms with Gasteiger partial charge >= 0.3 is 0 Å². The molecule has 1 fully saturated rings. The van der Waals surface area contributed by atoms with Crippen LogP contribution < -0.4 is 11.1 Å². The van der Waals surface area contributed by atoms with E-state index >= 15 is 0 Å². The van der Waals surface area contributed by atoms with Crippen LogP contribution in [0, 0.1) is 0 Å². The van der Waals surface area contributed by atoms with Gasteiger partial charge in [0.15, 0.2) is 0 Å². The van der Waals surface area contributed by atoms with Gasteiger partial charge in [-0.25, -0.2) is 0 Å². The molecule has 1 heterocycles. The van der Waals surface area contributed by atoms with Crippen molar-refractivity contribution in [3.8, 4) is 0 Å². The minimum Gasteiger partial charge on any atom is -0.427 e. The molecule has 1 aliphatic heterocycles. The molecule has 0 radical (unpaired) electrons. The second-order valence-corrected chi connectivity index (χ2v) is 2.67. The molecule has 1 aliphatic rings. The number of rotatable bonds is 3. The molecule has 1 saturated heterocycles. The van der Waals surface area contributed by atoms with Crippen molar-refractivity contribution < 1.29 is 9.45 Å². The third kappa shape index (κ3) is 2.51. The van der Waals surface area contributed by atoms with Gasteiger partial charge in [-0.15, -0.1) is 0 Å². The molecule has 1 atom stereocenters. The first-order valence-electron chi connectivity index (χ1n) is 3.90. The number of carbonyl (C=O) groups excluding carboxylic acids is 1. The van der Waals surface area contributed by atoms with E-state index in [1.165, 1.54) is 0 Å². The molecule has 0 unspecified atom stereocenters. The molecule has 11 heavy (non-hydrogen) atoms. The molecule has 1 rings (SSSR count). The van der Waals surface area contributed by atoms with E-state index in [0.717, 1.165) is 19.4 Å². The molecular weight excluding hydrogens is 143 g/mol. The van der Waals surface area contributed by atoms with Crippen LogP contribution in [0.5, 0.6) is 0 Å². The molecule has 0 aliphatic carbocycles. The molecule has 62 valence electrons. The number of piperidine rings is 1. The van der Waals surface area contributed by atoms with Crippen LogP contribution in [0.25, 0.3) is 0 Å². The van der Waals surface area contributed by atoms with E-state index in [2.05, 4.69) is 5.32 Å². The van der Waals surface area contributed by atoms with Crippen molar-refractivity contribution in [1.29, 1.82) is 0 Å². The molecule has 0 saturated carbocycles. The van der Waals surface area contributed by atoms with Crippen molar-refractivity contribution in [2.75, 3.05) is 13.3 Å². The highest BCUT2D eigenvalue weighted by molar-refractivity contribution is 6.37. The monoisotopic (exact) mass is 156 g/mol. The maximum Gasteiger partial charge on any atom is 0.289 e. The molecule has 0 aromatic heterocycles. The van der Waals surface area contributed by atoms with Gasteiger partial charge < -0.3 is 15.7 Å². The molecule has 0 bridgehead atoms. The Bertz CT molecular complexity index is 143. The minimum absolute atomic E-state index is 0.0206. The van der Waals surface area contributed by atoms with Gasteiger partial charge in [-0.1, -0.05) is 0 Å². The van der Waals surface area contributed by atoms with E-state index in [4.69, 9.17) is 10.4 Å². The highest BCUT2D eigenvalue weighted by Crippen LogP contribution is 2.15. The topological polar surface area (TPSA) is 64.3 Å². The van der Waals surface area contributed by atoms with E-state index in [-0.39, 0.29) is 18.5 Å². The van der Waals surface area contributed by atoms with Crippen molar-refractivity contribution in [2.45, 2.75) is 18.7 Å². The summed E-state index contributed by atoms with van der Waals surface area (Å²) in [5.41, 5.74) is 5.14. The largest absolute Gasteiger partial charge is 0.427 e. The molecule has 3 N–H and O–H groups in total. The number of nitrogens with two attached hydrogens (primary N) is 1. The van der Waals surface area contributed by atoms with Crippen molar-refractivity contribution >= 4 is 13.4 Å². The second-order valence-electron chi connectivity index (χ2n) is 2.67. The Hall–Kier alpha value is -0.545. The number of nitrogens with one attached hydrogen (secondary N) is 1. The lowest BCUT2D eigenvalue weighted by atomic mass is 9.74. The fourth-order valence-electron chi connectivity index (χ4n) is 1.20. The summed E-state index contributed by atoms with van der Waals surface area (Å²) < 4.78 is 4.96. The maximum absolute atomic E-state index is 11.1. The van der Waals surface area contributed by atoms with Crippen LogP contribution in [0.3, 0.4) is 0 Å². The first-order chi connectivity index (χ1) is 5.34. The van der Waals surface area contributed by atoms with E-state index < -0.39 is 0 Å².